The standard InChI is InChI=1S/C15H21NO3/c1-4-18-15(17)13(16-14(19-16)11(2)3)10-12-8-6-5-7-9-12/h5-9,11,13-14H,4,10H2,1-3H3. The van der Waals surface area contributed by atoms with Gasteiger partial charge in [0.2, 0.25) is 0 Å². The molecule has 19 heavy (non-hydrogen) atoms. The summed E-state index contributed by atoms with van der Waals surface area (Å²) in [6.45, 7) is 6.37. The fraction of sp³-hybridized carbons (Fsp3) is 0.533. The normalized spacial score (nSPS) is 23.2. The van der Waals surface area contributed by atoms with Crippen molar-refractivity contribution in [2.75, 3.05) is 6.61 Å². The first-order chi connectivity index (χ1) is 9.13. The minimum Gasteiger partial charge on any atom is -0.465 e. The quantitative estimate of drug-likeness (QED) is 0.584. The van der Waals surface area contributed by atoms with Crippen LogP contribution in [0, 0.1) is 5.92 Å². The Bertz CT molecular complexity index is 419. The predicted octanol–water partition coefficient (Wildman–Crippen LogP) is 2.39. The maximum Gasteiger partial charge on any atom is 0.326 e. The van der Waals surface area contributed by atoms with Crippen molar-refractivity contribution in [2.24, 2.45) is 5.92 Å². The van der Waals surface area contributed by atoms with Crippen LogP contribution in [0.3, 0.4) is 0 Å². The third-order valence-corrected chi connectivity index (χ3v) is 3.14. The van der Waals surface area contributed by atoms with Crippen LogP contribution in [0.15, 0.2) is 30.3 Å². The summed E-state index contributed by atoms with van der Waals surface area (Å²) < 4.78 is 5.15. The van der Waals surface area contributed by atoms with Gasteiger partial charge in [0.05, 0.1) is 6.61 Å². The van der Waals surface area contributed by atoms with Crippen LogP contribution in [0.4, 0.5) is 0 Å². The first-order valence-corrected chi connectivity index (χ1v) is 6.79. The van der Waals surface area contributed by atoms with Crippen molar-refractivity contribution in [3.63, 3.8) is 0 Å². The molecule has 3 unspecified atom stereocenters. The molecule has 0 spiro atoms. The molecule has 1 aliphatic heterocycles. The molecule has 3 atom stereocenters. The van der Waals surface area contributed by atoms with Gasteiger partial charge >= 0.3 is 5.97 Å². The Hall–Kier alpha value is -1.39. The van der Waals surface area contributed by atoms with E-state index in [-0.39, 0.29) is 18.2 Å². The second-order valence-corrected chi connectivity index (χ2v) is 5.06. The van der Waals surface area contributed by atoms with Gasteiger partial charge in [0.15, 0.2) is 6.23 Å². The predicted molar refractivity (Wildman–Crippen MR) is 72.1 cm³/mol. The molecule has 2 rings (SSSR count). The fourth-order valence-corrected chi connectivity index (χ4v) is 2.12. The number of ether oxygens (including phenoxy) is 1. The van der Waals surface area contributed by atoms with Crippen LogP contribution in [0.25, 0.3) is 0 Å². The summed E-state index contributed by atoms with van der Waals surface area (Å²) in [4.78, 5) is 17.6. The molecular weight excluding hydrogens is 242 g/mol. The number of hydrogen-bond donors (Lipinski definition) is 0. The number of hydrogen-bond acceptors (Lipinski definition) is 4. The first kappa shape index (κ1) is 14.0. The maximum atomic E-state index is 12.1. The molecule has 0 N–H and O–H groups in total. The summed E-state index contributed by atoms with van der Waals surface area (Å²) in [5.74, 6) is 0.155. The van der Waals surface area contributed by atoms with Crippen molar-refractivity contribution in [3.05, 3.63) is 35.9 Å². The van der Waals surface area contributed by atoms with E-state index in [1.807, 2.05) is 37.3 Å². The van der Waals surface area contributed by atoms with Crippen molar-refractivity contribution < 1.29 is 14.4 Å². The van der Waals surface area contributed by atoms with Gasteiger partial charge in [0, 0.05) is 6.42 Å². The molecule has 1 saturated heterocycles. The molecule has 0 aliphatic carbocycles. The number of carbonyl (C=O) groups excluding carboxylic acids is 1. The first-order valence-electron chi connectivity index (χ1n) is 6.79. The molecule has 4 heteroatoms. The average molecular weight is 263 g/mol. The van der Waals surface area contributed by atoms with Crippen LogP contribution in [0.5, 0.6) is 0 Å². The monoisotopic (exact) mass is 263 g/mol. The summed E-state index contributed by atoms with van der Waals surface area (Å²) in [6, 6.07) is 9.59. The van der Waals surface area contributed by atoms with Crippen molar-refractivity contribution in [2.45, 2.75) is 39.5 Å². The molecule has 1 aliphatic rings. The Morgan fingerprint density at radius 2 is 2.05 bits per heavy atom. The molecule has 4 nitrogen and oxygen atoms in total. The van der Waals surface area contributed by atoms with E-state index in [9.17, 15) is 4.79 Å². The molecule has 0 amide bonds. The largest absolute Gasteiger partial charge is 0.465 e. The smallest absolute Gasteiger partial charge is 0.326 e. The summed E-state index contributed by atoms with van der Waals surface area (Å²) in [5.41, 5.74) is 1.11. The van der Waals surface area contributed by atoms with Crippen LogP contribution >= 0.6 is 0 Å². The molecule has 1 aromatic carbocycles. The van der Waals surface area contributed by atoms with Crippen molar-refractivity contribution >= 4 is 5.97 Å². The summed E-state index contributed by atoms with van der Waals surface area (Å²) in [6.07, 6.45) is 0.640. The fourth-order valence-electron chi connectivity index (χ4n) is 2.12. The van der Waals surface area contributed by atoms with Gasteiger partial charge in [0.25, 0.3) is 0 Å². The van der Waals surface area contributed by atoms with Gasteiger partial charge in [0.1, 0.15) is 6.04 Å². The number of rotatable bonds is 6. The van der Waals surface area contributed by atoms with Gasteiger partial charge in [-0.2, -0.15) is 0 Å². The molecule has 1 aromatic rings. The van der Waals surface area contributed by atoms with Crippen LogP contribution in [-0.2, 0) is 20.8 Å². The molecule has 0 radical (unpaired) electrons. The minimum absolute atomic E-state index is 0.0260. The van der Waals surface area contributed by atoms with Crippen molar-refractivity contribution in [1.82, 2.24) is 5.06 Å². The van der Waals surface area contributed by atoms with E-state index in [0.29, 0.717) is 18.9 Å². The van der Waals surface area contributed by atoms with Crippen LogP contribution < -0.4 is 0 Å². The summed E-state index contributed by atoms with van der Waals surface area (Å²) in [7, 11) is 0. The average Bonchev–Trinajstić information content (AvgIpc) is 3.17. The molecule has 0 aromatic heterocycles. The zero-order valence-electron chi connectivity index (χ0n) is 11.7. The van der Waals surface area contributed by atoms with E-state index >= 15 is 0 Å². The molecule has 104 valence electrons. The van der Waals surface area contributed by atoms with Crippen molar-refractivity contribution in [3.8, 4) is 0 Å². The number of nitrogens with zero attached hydrogens (tertiary/aromatic N) is 1. The highest BCUT2D eigenvalue weighted by atomic mass is 16.8. The van der Waals surface area contributed by atoms with Gasteiger partial charge in [-0.25, -0.2) is 0 Å². The van der Waals surface area contributed by atoms with E-state index < -0.39 is 0 Å². The highest BCUT2D eigenvalue weighted by Crippen LogP contribution is 2.32. The SMILES string of the molecule is CCOC(=O)C(Cc1ccccc1)N1OC1C(C)C. The lowest BCUT2D eigenvalue weighted by Crippen LogP contribution is -2.35. The van der Waals surface area contributed by atoms with Gasteiger partial charge < -0.3 is 4.74 Å². The highest BCUT2D eigenvalue weighted by molar-refractivity contribution is 5.76. The van der Waals surface area contributed by atoms with Crippen molar-refractivity contribution in [1.29, 1.82) is 0 Å². The topological polar surface area (TPSA) is 41.8 Å². The Morgan fingerprint density at radius 1 is 1.37 bits per heavy atom. The lowest BCUT2D eigenvalue weighted by atomic mass is 10.1. The Balaban J connectivity index is 2.05. The lowest BCUT2D eigenvalue weighted by molar-refractivity contribution is -0.149. The molecule has 0 bridgehead atoms. The van der Waals surface area contributed by atoms with E-state index in [0.717, 1.165) is 5.56 Å². The number of benzene rings is 1. The molecule has 1 fully saturated rings. The highest BCUT2D eigenvalue weighted by Gasteiger charge is 2.47. The third-order valence-electron chi connectivity index (χ3n) is 3.14. The van der Waals surface area contributed by atoms with E-state index in [4.69, 9.17) is 9.57 Å². The lowest BCUT2D eigenvalue weighted by Gasteiger charge is -2.15. The van der Waals surface area contributed by atoms with Crippen LogP contribution in [0.2, 0.25) is 0 Å². The molecular formula is C15H21NO3. The second kappa shape index (κ2) is 6.17. The summed E-state index contributed by atoms with van der Waals surface area (Å²) >= 11 is 0. The Labute approximate surface area is 114 Å². The van der Waals surface area contributed by atoms with Gasteiger partial charge in [-0.15, -0.1) is 5.06 Å². The second-order valence-electron chi connectivity index (χ2n) is 5.06. The van der Waals surface area contributed by atoms with E-state index in [2.05, 4.69) is 13.8 Å². The van der Waals surface area contributed by atoms with Crippen LogP contribution in [0.1, 0.15) is 26.3 Å². The van der Waals surface area contributed by atoms with Gasteiger partial charge in [-0.1, -0.05) is 44.2 Å². The maximum absolute atomic E-state index is 12.1. The third kappa shape index (κ3) is 3.55. The van der Waals surface area contributed by atoms with E-state index in [1.54, 1.807) is 5.06 Å². The van der Waals surface area contributed by atoms with Gasteiger partial charge in [-0.05, 0) is 18.4 Å². The number of carbonyl (C=O) groups is 1. The Kier molecular flexibility index (Phi) is 4.56. The Morgan fingerprint density at radius 3 is 2.58 bits per heavy atom. The molecule has 1 heterocycles. The van der Waals surface area contributed by atoms with E-state index in [1.165, 1.54) is 0 Å². The number of hydroxylamine groups is 2. The van der Waals surface area contributed by atoms with Crippen LogP contribution in [-0.4, -0.2) is 29.9 Å². The molecule has 0 saturated carbocycles. The zero-order valence-corrected chi connectivity index (χ0v) is 11.7. The summed E-state index contributed by atoms with van der Waals surface area (Å²) in [5, 5.41) is 1.76. The zero-order chi connectivity index (χ0) is 13.8. The number of esters is 1. The minimum atomic E-state index is -0.352. The van der Waals surface area contributed by atoms with Gasteiger partial charge in [-0.3, -0.25) is 9.63 Å².